The lowest BCUT2D eigenvalue weighted by Gasteiger charge is -2.06. The fourth-order valence-corrected chi connectivity index (χ4v) is 2.81. The van der Waals surface area contributed by atoms with Crippen molar-refractivity contribution in [3.05, 3.63) is 72.1 Å². The molecule has 0 radical (unpaired) electrons. The lowest BCUT2D eigenvalue weighted by atomic mass is 10.1. The molecule has 6 nitrogen and oxygen atoms in total. The number of rotatable bonds is 4. The first-order valence-electron chi connectivity index (χ1n) is 8.32. The molecule has 2 aromatic carbocycles. The van der Waals surface area contributed by atoms with Crippen LogP contribution >= 0.6 is 0 Å². The van der Waals surface area contributed by atoms with Crippen molar-refractivity contribution in [2.75, 3.05) is 5.32 Å². The number of nitrogens with one attached hydrogen (secondary N) is 2. The van der Waals surface area contributed by atoms with Crippen LogP contribution in [0.1, 0.15) is 11.1 Å². The van der Waals surface area contributed by atoms with E-state index in [1.54, 1.807) is 12.1 Å². The number of benzene rings is 2. The number of nitrogens with zero attached hydrogens (tertiary/aromatic N) is 3. The van der Waals surface area contributed by atoms with Crippen molar-refractivity contribution in [3.8, 4) is 22.7 Å². The molecule has 26 heavy (non-hydrogen) atoms. The van der Waals surface area contributed by atoms with Gasteiger partial charge in [0.05, 0.1) is 17.6 Å². The Hall–Kier alpha value is -3.54. The number of aromatic amines is 1. The van der Waals surface area contributed by atoms with Gasteiger partial charge in [-0.3, -0.25) is 5.10 Å². The molecular formula is C20H19N5O. The molecule has 0 saturated heterocycles. The number of H-pyrrole nitrogens is 1. The van der Waals surface area contributed by atoms with E-state index in [0.29, 0.717) is 0 Å². The molecule has 0 spiro atoms. The molecule has 130 valence electrons. The van der Waals surface area contributed by atoms with Crippen molar-refractivity contribution in [2.45, 2.75) is 13.8 Å². The van der Waals surface area contributed by atoms with Gasteiger partial charge < -0.3 is 10.4 Å². The first-order chi connectivity index (χ1) is 12.6. The van der Waals surface area contributed by atoms with Crippen molar-refractivity contribution >= 4 is 11.5 Å². The lowest BCUT2D eigenvalue weighted by molar-refractivity contribution is 0.475. The van der Waals surface area contributed by atoms with Crippen LogP contribution in [0, 0.1) is 13.8 Å². The van der Waals surface area contributed by atoms with Crippen LogP contribution < -0.4 is 5.32 Å². The van der Waals surface area contributed by atoms with Gasteiger partial charge in [0.15, 0.2) is 5.82 Å². The van der Waals surface area contributed by atoms with Gasteiger partial charge in [-0.15, -0.1) is 0 Å². The monoisotopic (exact) mass is 345 g/mol. The zero-order valence-electron chi connectivity index (χ0n) is 14.6. The third kappa shape index (κ3) is 3.17. The Balaban J connectivity index is 1.54. The SMILES string of the molecule is Cc1cnn(-c2ccc(-c3cc(Nc4ccc(O)cc4C)n[nH]3)cc2)c1. The summed E-state index contributed by atoms with van der Waals surface area (Å²) in [6.07, 6.45) is 3.83. The summed E-state index contributed by atoms with van der Waals surface area (Å²) in [5, 5.41) is 24.5. The second-order valence-electron chi connectivity index (χ2n) is 6.30. The van der Waals surface area contributed by atoms with Gasteiger partial charge in [0.25, 0.3) is 0 Å². The highest BCUT2D eigenvalue weighted by Gasteiger charge is 2.07. The average Bonchev–Trinajstić information content (AvgIpc) is 3.27. The molecule has 0 saturated carbocycles. The van der Waals surface area contributed by atoms with Crippen LogP contribution in [0.2, 0.25) is 0 Å². The van der Waals surface area contributed by atoms with E-state index in [-0.39, 0.29) is 5.75 Å². The minimum atomic E-state index is 0.253. The Labute approximate surface area is 151 Å². The molecule has 0 fully saturated rings. The van der Waals surface area contributed by atoms with Crippen LogP contribution in [-0.4, -0.2) is 25.1 Å². The summed E-state index contributed by atoms with van der Waals surface area (Å²) in [5.74, 6) is 0.976. The molecule has 3 N–H and O–H groups in total. The lowest BCUT2D eigenvalue weighted by Crippen LogP contribution is -1.93. The Kier molecular flexibility index (Phi) is 3.93. The van der Waals surface area contributed by atoms with Crippen LogP contribution in [0.25, 0.3) is 16.9 Å². The molecule has 0 amide bonds. The third-order valence-corrected chi connectivity index (χ3v) is 4.21. The van der Waals surface area contributed by atoms with E-state index in [2.05, 4.69) is 20.6 Å². The second kappa shape index (κ2) is 6.40. The number of aromatic nitrogens is 4. The summed E-state index contributed by atoms with van der Waals surface area (Å²) in [6.45, 7) is 3.96. The predicted molar refractivity (Wildman–Crippen MR) is 102 cm³/mol. The molecule has 0 unspecified atom stereocenters. The standard InChI is InChI=1S/C20H19N5O/c1-13-11-21-25(12-13)16-5-3-15(4-6-16)19-10-20(24-23-19)22-18-8-7-17(26)9-14(18)2/h3-12,26H,1-2H3,(H2,22,23,24). The molecule has 6 heteroatoms. The maximum absolute atomic E-state index is 9.51. The first-order valence-corrected chi connectivity index (χ1v) is 8.32. The third-order valence-electron chi connectivity index (χ3n) is 4.21. The van der Waals surface area contributed by atoms with E-state index in [4.69, 9.17) is 0 Å². The average molecular weight is 345 g/mol. The molecule has 2 heterocycles. The first kappa shape index (κ1) is 16.0. The predicted octanol–water partition coefficient (Wildman–Crippen LogP) is 4.33. The number of phenolic OH excluding ortho intramolecular Hbond substituents is 1. The maximum atomic E-state index is 9.51. The van der Waals surface area contributed by atoms with Gasteiger partial charge in [0, 0.05) is 18.0 Å². The van der Waals surface area contributed by atoms with Crippen LogP contribution in [0.15, 0.2) is 60.9 Å². The fourth-order valence-electron chi connectivity index (χ4n) is 2.81. The highest BCUT2D eigenvalue weighted by Crippen LogP contribution is 2.26. The fraction of sp³-hybridized carbons (Fsp3) is 0.100. The number of anilines is 2. The molecule has 0 atom stereocenters. The van der Waals surface area contributed by atoms with E-state index in [9.17, 15) is 5.11 Å². The van der Waals surface area contributed by atoms with E-state index in [0.717, 1.165) is 39.6 Å². The van der Waals surface area contributed by atoms with Gasteiger partial charge >= 0.3 is 0 Å². The zero-order chi connectivity index (χ0) is 18.1. The van der Waals surface area contributed by atoms with Crippen molar-refractivity contribution < 1.29 is 5.11 Å². The second-order valence-corrected chi connectivity index (χ2v) is 6.30. The number of phenols is 1. The highest BCUT2D eigenvalue weighted by atomic mass is 16.3. The van der Waals surface area contributed by atoms with Gasteiger partial charge in [-0.25, -0.2) is 4.68 Å². The van der Waals surface area contributed by atoms with Gasteiger partial charge in [0.2, 0.25) is 0 Å². The normalized spacial score (nSPS) is 10.8. The number of aryl methyl sites for hydroxylation is 2. The Morgan fingerprint density at radius 1 is 1.04 bits per heavy atom. The Morgan fingerprint density at radius 2 is 1.85 bits per heavy atom. The Bertz CT molecular complexity index is 1050. The van der Waals surface area contributed by atoms with Gasteiger partial charge in [-0.1, -0.05) is 12.1 Å². The summed E-state index contributed by atoms with van der Waals surface area (Å²) >= 11 is 0. The molecule has 0 aliphatic heterocycles. The van der Waals surface area contributed by atoms with E-state index >= 15 is 0 Å². The van der Waals surface area contributed by atoms with Crippen LogP contribution in [0.4, 0.5) is 11.5 Å². The van der Waals surface area contributed by atoms with Crippen LogP contribution in [0.3, 0.4) is 0 Å². The largest absolute Gasteiger partial charge is 0.508 e. The number of hydrogen-bond acceptors (Lipinski definition) is 4. The smallest absolute Gasteiger partial charge is 0.152 e. The molecule has 2 aromatic heterocycles. The maximum Gasteiger partial charge on any atom is 0.152 e. The summed E-state index contributed by atoms with van der Waals surface area (Å²) in [5.41, 5.74) is 5.97. The molecule has 4 aromatic rings. The van der Waals surface area contributed by atoms with Crippen molar-refractivity contribution in [3.63, 3.8) is 0 Å². The molecule has 0 aliphatic carbocycles. The van der Waals surface area contributed by atoms with E-state index < -0.39 is 0 Å². The minimum absolute atomic E-state index is 0.253. The molecule has 0 bridgehead atoms. The van der Waals surface area contributed by atoms with Crippen molar-refractivity contribution in [1.82, 2.24) is 20.0 Å². The van der Waals surface area contributed by atoms with E-state index in [1.165, 1.54) is 0 Å². The summed E-state index contributed by atoms with van der Waals surface area (Å²) in [4.78, 5) is 0. The molecule has 0 aliphatic rings. The van der Waals surface area contributed by atoms with E-state index in [1.807, 2.05) is 67.3 Å². The Morgan fingerprint density at radius 3 is 2.54 bits per heavy atom. The zero-order valence-corrected chi connectivity index (χ0v) is 14.6. The van der Waals surface area contributed by atoms with Gasteiger partial charge in [-0.05, 0) is 60.9 Å². The van der Waals surface area contributed by atoms with Gasteiger partial charge in [0.1, 0.15) is 5.75 Å². The number of hydrogen-bond donors (Lipinski definition) is 3. The van der Waals surface area contributed by atoms with Crippen LogP contribution in [-0.2, 0) is 0 Å². The molecular weight excluding hydrogens is 326 g/mol. The summed E-state index contributed by atoms with van der Waals surface area (Å²) < 4.78 is 1.85. The van der Waals surface area contributed by atoms with Gasteiger partial charge in [-0.2, -0.15) is 10.2 Å². The van der Waals surface area contributed by atoms with Crippen LogP contribution in [0.5, 0.6) is 5.75 Å². The summed E-state index contributed by atoms with van der Waals surface area (Å²) in [6, 6.07) is 15.3. The highest BCUT2D eigenvalue weighted by molar-refractivity contribution is 5.68. The summed E-state index contributed by atoms with van der Waals surface area (Å²) in [7, 11) is 0. The van der Waals surface area contributed by atoms with Crippen molar-refractivity contribution in [2.24, 2.45) is 0 Å². The molecule has 4 rings (SSSR count). The minimum Gasteiger partial charge on any atom is -0.508 e. The van der Waals surface area contributed by atoms with Crippen molar-refractivity contribution in [1.29, 1.82) is 0 Å². The number of aromatic hydroxyl groups is 1. The topological polar surface area (TPSA) is 78.8 Å². The quantitative estimate of drug-likeness (QED) is 0.481.